The second kappa shape index (κ2) is 7.82. The van der Waals surface area contributed by atoms with Gasteiger partial charge in [0, 0.05) is 0 Å². The van der Waals surface area contributed by atoms with Crippen LogP contribution in [0.2, 0.25) is 0 Å². The Morgan fingerprint density at radius 1 is 0.889 bits per heavy atom. The highest BCUT2D eigenvalue weighted by Crippen LogP contribution is 2.40. The predicted molar refractivity (Wildman–Crippen MR) is 72.7 cm³/mol. The summed E-state index contributed by atoms with van der Waals surface area (Å²) in [6.07, 6.45) is 4.26. The van der Waals surface area contributed by atoms with Gasteiger partial charge >= 0.3 is 0 Å². The van der Waals surface area contributed by atoms with E-state index in [9.17, 15) is 0 Å². The van der Waals surface area contributed by atoms with Crippen LogP contribution in [-0.4, -0.2) is 27.9 Å². The normalized spacial score (nSPS) is 10.2. The van der Waals surface area contributed by atoms with E-state index in [4.69, 9.17) is 19.9 Å². The number of hydrogen-bond acceptors (Lipinski definition) is 4. The fraction of sp³-hybridized carbons (Fsp3) is 0.571. The molecule has 0 heterocycles. The van der Waals surface area contributed by atoms with Crippen LogP contribution in [0.4, 0.5) is 0 Å². The van der Waals surface area contributed by atoms with Crippen LogP contribution in [0.1, 0.15) is 24.8 Å². The van der Waals surface area contributed by atoms with Crippen LogP contribution in [0.15, 0.2) is 12.1 Å². The molecule has 0 aliphatic heterocycles. The molecule has 2 N–H and O–H groups in total. The van der Waals surface area contributed by atoms with E-state index in [2.05, 4.69) is 0 Å². The number of methoxy groups -OCH3 is 3. The Labute approximate surface area is 109 Å². The SMILES string of the molecule is COc1ccc(CCCCCN)c(OC)c1OC. The van der Waals surface area contributed by atoms with Crippen LogP contribution in [0.3, 0.4) is 0 Å². The standard InChI is InChI=1S/C14H23NO3/c1-16-12-9-8-11(7-5-4-6-10-15)13(17-2)14(12)18-3/h8-9H,4-7,10,15H2,1-3H3. The molecule has 0 atom stereocenters. The Hall–Kier alpha value is -1.42. The van der Waals surface area contributed by atoms with Crippen LogP contribution in [-0.2, 0) is 6.42 Å². The van der Waals surface area contributed by atoms with Crippen molar-refractivity contribution in [3.63, 3.8) is 0 Å². The summed E-state index contributed by atoms with van der Waals surface area (Å²) in [5, 5.41) is 0. The van der Waals surface area contributed by atoms with Gasteiger partial charge < -0.3 is 19.9 Å². The topological polar surface area (TPSA) is 53.7 Å². The van der Waals surface area contributed by atoms with Gasteiger partial charge in [0.1, 0.15) is 0 Å². The van der Waals surface area contributed by atoms with Crippen LogP contribution in [0.25, 0.3) is 0 Å². The molecule has 0 saturated heterocycles. The van der Waals surface area contributed by atoms with Crippen molar-refractivity contribution in [3.05, 3.63) is 17.7 Å². The van der Waals surface area contributed by atoms with Crippen molar-refractivity contribution in [3.8, 4) is 17.2 Å². The molecule has 0 aromatic heterocycles. The van der Waals surface area contributed by atoms with Crippen LogP contribution < -0.4 is 19.9 Å². The predicted octanol–water partition coefficient (Wildman–Crippen LogP) is 2.38. The first-order valence-corrected chi connectivity index (χ1v) is 6.26. The summed E-state index contributed by atoms with van der Waals surface area (Å²) >= 11 is 0. The number of rotatable bonds is 8. The van der Waals surface area contributed by atoms with Gasteiger partial charge in [0.05, 0.1) is 21.3 Å². The molecule has 0 amide bonds. The van der Waals surface area contributed by atoms with Crippen molar-refractivity contribution in [2.24, 2.45) is 5.73 Å². The smallest absolute Gasteiger partial charge is 0.203 e. The third kappa shape index (κ3) is 3.53. The van der Waals surface area contributed by atoms with Crippen molar-refractivity contribution < 1.29 is 14.2 Å². The third-order valence-electron chi connectivity index (χ3n) is 2.94. The molecule has 1 aromatic rings. The minimum absolute atomic E-state index is 0.663. The van der Waals surface area contributed by atoms with Crippen molar-refractivity contribution in [2.45, 2.75) is 25.7 Å². The molecule has 0 bridgehead atoms. The summed E-state index contributed by atoms with van der Waals surface area (Å²) in [5.74, 6) is 2.13. The van der Waals surface area contributed by atoms with Gasteiger partial charge in [-0.1, -0.05) is 12.5 Å². The van der Waals surface area contributed by atoms with Crippen molar-refractivity contribution in [1.29, 1.82) is 0 Å². The number of hydrogen-bond donors (Lipinski definition) is 1. The van der Waals surface area contributed by atoms with E-state index in [1.807, 2.05) is 12.1 Å². The summed E-state index contributed by atoms with van der Waals surface area (Å²) in [4.78, 5) is 0. The largest absolute Gasteiger partial charge is 0.493 e. The lowest BCUT2D eigenvalue weighted by molar-refractivity contribution is 0.322. The maximum Gasteiger partial charge on any atom is 0.203 e. The highest BCUT2D eigenvalue weighted by atomic mass is 16.5. The van der Waals surface area contributed by atoms with E-state index in [-0.39, 0.29) is 0 Å². The average molecular weight is 253 g/mol. The first-order valence-electron chi connectivity index (χ1n) is 6.26. The number of nitrogens with two attached hydrogens (primary N) is 1. The molecule has 4 heteroatoms. The lowest BCUT2D eigenvalue weighted by Crippen LogP contribution is -2.00. The number of unbranched alkanes of at least 4 members (excludes halogenated alkanes) is 2. The first-order chi connectivity index (χ1) is 8.78. The number of aryl methyl sites for hydroxylation is 1. The summed E-state index contributed by atoms with van der Waals surface area (Å²) in [7, 11) is 4.90. The molecule has 0 aliphatic carbocycles. The second-order valence-corrected chi connectivity index (χ2v) is 4.09. The van der Waals surface area contributed by atoms with E-state index >= 15 is 0 Å². The number of ether oxygens (including phenoxy) is 3. The highest BCUT2D eigenvalue weighted by Gasteiger charge is 2.15. The van der Waals surface area contributed by atoms with Gasteiger partial charge in [-0.25, -0.2) is 0 Å². The molecule has 0 radical (unpaired) electrons. The van der Waals surface area contributed by atoms with E-state index in [0.29, 0.717) is 11.5 Å². The molecule has 0 saturated carbocycles. The maximum atomic E-state index is 5.49. The van der Waals surface area contributed by atoms with Gasteiger partial charge in [0.15, 0.2) is 11.5 Å². The van der Waals surface area contributed by atoms with Crippen LogP contribution >= 0.6 is 0 Å². The van der Waals surface area contributed by atoms with E-state index < -0.39 is 0 Å². The lowest BCUT2D eigenvalue weighted by Gasteiger charge is -2.15. The summed E-state index contributed by atoms with van der Waals surface area (Å²) in [6, 6.07) is 3.95. The van der Waals surface area contributed by atoms with Crippen LogP contribution in [0.5, 0.6) is 17.2 Å². The Balaban J connectivity index is 2.84. The van der Waals surface area contributed by atoms with Gasteiger partial charge in [-0.05, 0) is 37.4 Å². The zero-order valence-electron chi connectivity index (χ0n) is 11.5. The molecular formula is C14H23NO3. The average Bonchev–Trinajstić information content (AvgIpc) is 2.42. The quantitative estimate of drug-likeness (QED) is 0.723. The number of benzene rings is 1. The van der Waals surface area contributed by atoms with Gasteiger partial charge in [-0.3, -0.25) is 0 Å². The van der Waals surface area contributed by atoms with Crippen molar-refractivity contribution >= 4 is 0 Å². The Morgan fingerprint density at radius 3 is 2.17 bits per heavy atom. The summed E-state index contributed by atoms with van der Waals surface area (Å²) in [5.41, 5.74) is 6.63. The summed E-state index contributed by atoms with van der Waals surface area (Å²) < 4.78 is 16.0. The second-order valence-electron chi connectivity index (χ2n) is 4.09. The van der Waals surface area contributed by atoms with E-state index in [1.165, 1.54) is 0 Å². The van der Waals surface area contributed by atoms with E-state index in [0.717, 1.165) is 43.5 Å². The van der Waals surface area contributed by atoms with Crippen LogP contribution in [0, 0.1) is 0 Å². The fourth-order valence-corrected chi connectivity index (χ4v) is 2.00. The van der Waals surface area contributed by atoms with Gasteiger partial charge in [0.25, 0.3) is 0 Å². The molecular weight excluding hydrogens is 230 g/mol. The molecule has 102 valence electrons. The maximum absolute atomic E-state index is 5.49. The van der Waals surface area contributed by atoms with Crippen molar-refractivity contribution in [1.82, 2.24) is 0 Å². The zero-order chi connectivity index (χ0) is 13.4. The molecule has 1 aromatic carbocycles. The van der Waals surface area contributed by atoms with Crippen molar-refractivity contribution in [2.75, 3.05) is 27.9 Å². The Morgan fingerprint density at radius 2 is 1.61 bits per heavy atom. The van der Waals surface area contributed by atoms with Gasteiger partial charge in [-0.15, -0.1) is 0 Å². The first kappa shape index (κ1) is 14.6. The molecule has 0 aliphatic rings. The fourth-order valence-electron chi connectivity index (χ4n) is 2.00. The minimum atomic E-state index is 0.663. The Kier molecular flexibility index (Phi) is 6.36. The Bertz CT molecular complexity index is 366. The van der Waals surface area contributed by atoms with Gasteiger partial charge in [0.2, 0.25) is 5.75 Å². The molecule has 0 unspecified atom stereocenters. The third-order valence-corrected chi connectivity index (χ3v) is 2.94. The van der Waals surface area contributed by atoms with E-state index in [1.54, 1.807) is 21.3 Å². The molecule has 0 spiro atoms. The highest BCUT2D eigenvalue weighted by molar-refractivity contribution is 5.55. The lowest BCUT2D eigenvalue weighted by atomic mass is 10.0. The molecule has 4 nitrogen and oxygen atoms in total. The minimum Gasteiger partial charge on any atom is -0.493 e. The molecule has 0 fully saturated rings. The molecule has 1 rings (SSSR count). The van der Waals surface area contributed by atoms with Gasteiger partial charge in [-0.2, -0.15) is 0 Å². The monoisotopic (exact) mass is 253 g/mol. The zero-order valence-corrected chi connectivity index (χ0v) is 11.5. The molecule has 18 heavy (non-hydrogen) atoms. The summed E-state index contributed by atoms with van der Waals surface area (Å²) in [6.45, 7) is 0.753.